The number of rotatable bonds is 4. The number of aryl methyl sites for hydroxylation is 2. The number of carboxylic acid groups (broad SMARTS) is 1. The number of carboxylic acids is 1. The van der Waals surface area contributed by atoms with Gasteiger partial charge in [0, 0.05) is 13.1 Å². The summed E-state index contributed by atoms with van der Waals surface area (Å²) in [6.07, 6.45) is 9.56. The van der Waals surface area contributed by atoms with E-state index in [0.717, 1.165) is 45.2 Å². The molecule has 1 atom stereocenters. The summed E-state index contributed by atoms with van der Waals surface area (Å²) in [7, 11) is 0. The van der Waals surface area contributed by atoms with Crippen LogP contribution < -0.4 is 10.4 Å². The SMILES string of the molecule is O=C(O)[C@@H]1CCCN(CCC=c2cccc3cc4c(cc23)=Cc2ccccc2CC4)C1. The molecule has 1 heterocycles. The molecule has 3 aromatic rings. The van der Waals surface area contributed by atoms with E-state index in [4.69, 9.17) is 0 Å². The Morgan fingerprint density at radius 1 is 1.06 bits per heavy atom. The van der Waals surface area contributed by atoms with Crippen LogP contribution in [0.15, 0.2) is 54.6 Å². The van der Waals surface area contributed by atoms with Gasteiger partial charge in [-0.25, -0.2) is 0 Å². The summed E-state index contributed by atoms with van der Waals surface area (Å²) in [6, 6.07) is 20.0. The van der Waals surface area contributed by atoms with Crippen LogP contribution in [0, 0.1) is 5.92 Å². The lowest BCUT2D eigenvalue weighted by molar-refractivity contribution is -0.143. The second kappa shape index (κ2) is 8.68. The third-order valence-corrected chi connectivity index (χ3v) is 6.87. The van der Waals surface area contributed by atoms with E-state index in [1.807, 2.05) is 0 Å². The first-order valence-electron chi connectivity index (χ1n) is 11.4. The Morgan fingerprint density at radius 2 is 1.94 bits per heavy atom. The fourth-order valence-corrected chi connectivity index (χ4v) is 5.14. The fourth-order valence-electron chi connectivity index (χ4n) is 5.14. The van der Waals surface area contributed by atoms with E-state index in [0.29, 0.717) is 6.54 Å². The standard InChI is InChI=1S/C28H29NO2/c30-28(31)25-11-5-15-29(19-25)14-4-10-21-8-3-9-24-16-23-13-12-20-6-1-2-7-22(20)17-26(23)18-27(21)24/h1-3,6-10,16-18,25H,4-5,11-15,19H2,(H,30,31)/t25-/m1/s1. The molecule has 31 heavy (non-hydrogen) atoms. The van der Waals surface area contributed by atoms with Gasteiger partial charge < -0.3 is 10.0 Å². The smallest absolute Gasteiger partial charge is 0.307 e. The fraction of sp³-hybridized carbons (Fsp3) is 0.321. The van der Waals surface area contributed by atoms with Gasteiger partial charge in [-0.05, 0) is 88.7 Å². The van der Waals surface area contributed by atoms with Gasteiger partial charge in [-0.3, -0.25) is 4.79 Å². The Morgan fingerprint density at radius 3 is 2.84 bits per heavy atom. The van der Waals surface area contributed by atoms with Gasteiger partial charge in [-0.2, -0.15) is 0 Å². The minimum atomic E-state index is -0.652. The van der Waals surface area contributed by atoms with E-state index in [1.165, 1.54) is 37.9 Å². The summed E-state index contributed by atoms with van der Waals surface area (Å²) in [5, 5.41) is 14.5. The molecular weight excluding hydrogens is 382 g/mol. The number of hydrogen-bond acceptors (Lipinski definition) is 2. The highest BCUT2D eigenvalue weighted by atomic mass is 16.4. The molecule has 1 fully saturated rings. The number of aliphatic carboxylic acids is 1. The second-order valence-corrected chi connectivity index (χ2v) is 8.93. The zero-order chi connectivity index (χ0) is 21.2. The highest BCUT2D eigenvalue weighted by Crippen LogP contribution is 2.19. The van der Waals surface area contributed by atoms with Crippen molar-refractivity contribution in [2.75, 3.05) is 19.6 Å². The molecule has 0 amide bonds. The molecule has 158 valence electrons. The van der Waals surface area contributed by atoms with Crippen molar-refractivity contribution in [1.29, 1.82) is 0 Å². The maximum atomic E-state index is 11.3. The van der Waals surface area contributed by atoms with E-state index in [2.05, 4.69) is 71.6 Å². The minimum absolute atomic E-state index is 0.208. The van der Waals surface area contributed by atoms with Crippen LogP contribution >= 0.6 is 0 Å². The number of piperidine rings is 1. The quantitative estimate of drug-likeness (QED) is 0.711. The maximum Gasteiger partial charge on any atom is 0.307 e. The topological polar surface area (TPSA) is 40.5 Å². The Balaban J connectivity index is 1.44. The highest BCUT2D eigenvalue weighted by Gasteiger charge is 2.24. The molecule has 1 aliphatic heterocycles. The van der Waals surface area contributed by atoms with Crippen molar-refractivity contribution in [3.05, 3.63) is 81.7 Å². The first-order chi connectivity index (χ1) is 15.2. The van der Waals surface area contributed by atoms with Crippen LogP contribution in [0.5, 0.6) is 0 Å². The van der Waals surface area contributed by atoms with E-state index in [-0.39, 0.29) is 5.92 Å². The van der Waals surface area contributed by atoms with Crippen LogP contribution in [0.3, 0.4) is 0 Å². The summed E-state index contributed by atoms with van der Waals surface area (Å²) in [6.45, 7) is 2.61. The molecule has 1 N–H and O–H groups in total. The summed E-state index contributed by atoms with van der Waals surface area (Å²) >= 11 is 0. The molecular formula is C28H29NO2. The number of hydrogen-bond donors (Lipinski definition) is 1. The molecule has 3 heteroatoms. The number of fused-ring (bicyclic) bond motifs is 3. The summed E-state index contributed by atoms with van der Waals surface area (Å²) in [5.41, 5.74) is 4.18. The normalized spacial score (nSPS) is 19.4. The number of nitrogens with zero attached hydrogens (tertiary/aromatic N) is 1. The zero-order valence-corrected chi connectivity index (χ0v) is 17.9. The molecule has 3 aromatic carbocycles. The van der Waals surface area contributed by atoms with E-state index < -0.39 is 5.97 Å². The van der Waals surface area contributed by atoms with Gasteiger partial charge in [-0.1, -0.05) is 54.6 Å². The van der Waals surface area contributed by atoms with Crippen molar-refractivity contribution in [2.45, 2.75) is 32.1 Å². The lowest BCUT2D eigenvalue weighted by Gasteiger charge is -2.30. The van der Waals surface area contributed by atoms with Gasteiger partial charge in [0.25, 0.3) is 0 Å². The van der Waals surface area contributed by atoms with Crippen LogP contribution in [-0.4, -0.2) is 35.6 Å². The highest BCUT2D eigenvalue weighted by molar-refractivity contribution is 5.85. The monoisotopic (exact) mass is 411 g/mol. The first kappa shape index (κ1) is 20.0. The van der Waals surface area contributed by atoms with Gasteiger partial charge in [0.2, 0.25) is 0 Å². The van der Waals surface area contributed by atoms with Crippen molar-refractivity contribution in [3.63, 3.8) is 0 Å². The number of benzene rings is 3. The van der Waals surface area contributed by atoms with Crippen molar-refractivity contribution in [1.82, 2.24) is 4.90 Å². The predicted octanol–water partition coefficient (Wildman–Crippen LogP) is 3.73. The largest absolute Gasteiger partial charge is 0.481 e. The van der Waals surface area contributed by atoms with E-state index in [9.17, 15) is 9.90 Å². The molecule has 0 saturated carbocycles. The average Bonchev–Trinajstić information content (AvgIpc) is 2.97. The number of carbonyl (C=O) groups is 1. The van der Waals surface area contributed by atoms with Gasteiger partial charge in [-0.15, -0.1) is 0 Å². The number of likely N-dealkylation sites (tertiary alicyclic amines) is 1. The molecule has 0 spiro atoms. The summed E-state index contributed by atoms with van der Waals surface area (Å²) in [4.78, 5) is 13.6. The molecule has 5 rings (SSSR count). The second-order valence-electron chi connectivity index (χ2n) is 8.93. The first-order valence-corrected chi connectivity index (χ1v) is 11.4. The van der Waals surface area contributed by atoms with Gasteiger partial charge in [0.1, 0.15) is 0 Å². The predicted molar refractivity (Wildman–Crippen MR) is 126 cm³/mol. The third-order valence-electron chi connectivity index (χ3n) is 6.87. The zero-order valence-electron chi connectivity index (χ0n) is 17.9. The van der Waals surface area contributed by atoms with Crippen molar-refractivity contribution in [2.24, 2.45) is 5.92 Å². The molecule has 0 aromatic heterocycles. The Kier molecular flexibility index (Phi) is 5.61. The van der Waals surface area contributed by atoms with Crippen molar-refractivity contribution in [3.8, 4) is 0 Å². The van der Waals surface area contributed by atoms with Gasteiger partial charge >= 0.3 is 5.97 Å². The lowest BCUT2D eigenvalue weighted by atomic mass is 9.98. The molecule has 3 nitrogen and oxygen atoms in total. The Hall–Kier alpha value is -2.91. The molecule has 2 aliphatic rings. The van der Waals surface area contributed by atoms with Crippen LogP contribution in [0.4, 0.5) is 0 Å². The van der Waals surface area contributed by atoms with Crippen LogP contribution in [0.1, 0.15) is 36.0 Å². The summed E-state index contributed by atoms with van der Waals surface area (Å²) < 4.78 is 0. The van der Waals surface area contributed by atoms with E-state index in [1.54, 1.807) is 0 Å². The molecule has 0 unspecified atom stereocenters. The minimum Gasteiger partial charge on any atom is -0.481 e. The van der Waals surface area contributed by atoms with Gasteiger partial charge in [0.15, 0.2) is 0 Å². The average molecular weight is 412 g/mol. The van der Waals surface area contributed by atoms with Crippen LogP contribution in [0.25, 0.3) is 22.9 Å². The molecule has 0 radical (unpaired) electrons. The Labute approximate surface area is 183 Å². The maximum absolute atomic E-state index is 11.3. The van der Waals surface area contributed by atoms with Crippen LogP contribution in [-0.2, 0) is 17.6 Å². The summed E-state index contributed by atoms with van der Waals surface area (Å²) in [5.74, 6) is -0.860. The third kappa shape index (κ3) is 4.28. The van der Waals surface area contributed by atoms with Crippen LogP contribution in [0.2, 0.25) is 0 Å². The van der Waals surface area contributed by atoms with Gasteiger partial charge in [0.05, 0.1) is 5.92 Å². The Bertz CT molecular complexity index is 1240. The van der Waals surface area contributed by atoms with E-state index >= 15 is 0 Å². The van der Waals surface area contributed by atoms with Crippen molar-refractivity contribution < 1.29 is 9.90 Å². The molecule has 1 aliphatic carbocycles. The lowest BCUT2D eigenvalue weighted by Crippen LogP contribution is -2.39. The molecule has 0 bridgehead atoms. The molecule has 1 saturated heterocycles. The van der Waals surface area contributed by atoms with Crippen molar-refractivity contribution >= 4 is 28.9 Å².